The highest BCUT2D eigenvalue weighted by Gasteiger charge is 2.13. The monoisotopic (exact) mass is 377 g/mol. The van der Waals surface area contributed by atoms with Crippen molar-refractivity contribution >= 4 is 23.2 Å². The van der Waals surface area contributed by atoms with Gasteiger partial charge in [-0.2, -0.15) is 0 Å². The van der Waals surface area contributed by atoms with Crippen molar-refractivity contribution in [1.82, 2.24) is 0 Å². The first-order chi connectivity index (χ1) is 12.5. The van der Waals surface area contributed by atoms with Crippen molar-refractivity contribution in [3.63, 3.8) is 0 Å². The summed E-state index contributed by atoms with van der Waals surface area (Å²) in [6.07, 6.45) is 0. The summed E-state index contributed by atoms with van der Waals surface area (Å²) in [7, 11) is 1.98. The largest absolute Gasteiger partial charge is 0.490 e. The first kappa shape index (κ1) is 20.1. The quantitative estimate of drug-likeness (QED) is 0.706. The summed E-state index contributed by atoms with van der Waals surface area (Å²) in [6.45, 7) is 6.00. The van der Waals surface area contributed by atoms with Crippen LogP contribution in [0.5, 0.6) is 11.5 Å². The molecule has 2 aromatic carbocycles. The van der Waals surface area contributed by atoms with Crippen LogP contribution in [0.1, 0.15) is 19.4 Å². The molecule has 0 aliphatic heterocycles. The molecule has 140 valence electrons. The minimum atomic E-state index is -0.0591. The van der Waals surface area contributed by atoms with Crippen LogP contribution in [-0.4, -0.2) is 32.7 Å². The molecule has 1 amide bonds. The molecule has 5 nitrogen and oxygen atoms in total. The average molecular weight is 378 g/mol. The zero-order chi connectivity index (χ0) is 18.9. The van der Waals surface area contributed by atoms with Crippen molar-refractivity contribution in [1.29, 1.82) is 0 Å². The number of ether oxygens (including phenoxy) is 2. The van der Waals surface area contributed by atoms with Crippen LogP contribution >= 0.6 is 11.6 Å². The van der Waals surface area contributed by atoms with E-state index in [9.17, 15) is 4.79 Å². The predicted octanol–water partition coefficient (Wildman–Crippen LogP) is 2.79. The fourth-order valence-corrected chi connectivity index (χ4v) is 2.88. The molecule has 0 heterocycles. The minimum absolute atomic E-state index is 0.0591. The number of amides is 1. The van der Waals surface area contributed by atoms with E-state index in [0.717, 1.165) is 17.0 Å². The second-order valence-corrected chi connectivity index (χ2v) is 6.45. The van der Waals surface area contributed by atoms with E-state index in [-0.39, 0.29) is 5.91 Å². The zero-order valence-corrected chi connectivity index (χ0v) is 16.2. The van der Waals surface area contributed by atoms with Gasteiger partial charge in [0.25, 0.3) is 5.91 Å². The Bertz CT molecular complexity index is 737. The Morgan fingerprint density at radius 1 is 1.08 bits per heavy atom. The van der Waals surface area contributed by atoms with Crippen LogP contribution in [0.3, 0.4) is 0 Å². The van der Waals surface area contributed by atoms with E-state index < -0.39 is 0 Å². The molecular formula is C20H26ClN2O3+. The molecule has 6 heteroatoms. The van der Waals surface area contributed by atoms with Crippen molar-refractivity contribution in [2.24, 2.45) is 0 Å². The van der Waals surface area contributed by atoms with Crippen LogP contribution < -0.4 is 19.7 Å². The van der Waals surface area contributed by atoms with Gasteiger partial charge in [-0.05, 0) is 38.1 Å². The molecular weight excluding hydrogens is 352 g/mol. The number of nitrogens with one attached hydrogen (secondary N) is 2. The molecule has 0 bridgehead atoms. The maximum atomic E-state index is 12.3. The SMILES string of the molecule is CCOc1ccc(NC(=O)C[NH+](C)Cc2cccc(Cl)c2)cc1OCC. The van der Waals surface area contributed by atoms with E-state index >= 15 is 0 Å². The number of benzene rings is 2. The van der Waals surface area contributed by atoms with Gasteiger partial charge in [0, 0.05) is 22.3 Å². The zero-order valence-electron chi connectivity index (χ0n) is 15.5. The van der Waals surface area contributed by atoms with Gasteiger partial charge in [-0.3, -0.25) is 4.79 Å². The fourth-order valence-electron chi connectivity index (χ4n) is 2.67. The molecule has 1 unspecified atom stereocenters. The number of halogens is 1. The Hall–Kier alpha value is -2.24. The van der Waals surface area contributed by atoms with Crippen LogP contribution in [0.25, 0.3) is 0 Å². The van der Waals surface area contributed by atoms with E-state index in [1.807, 2.05) is 57.3 Å². The Morgan fingerprint density at radius 3 is 2.50 bits per heavy atom. The highest BCUT2D eigenvalue weighted by atomic mass is 35.5. The summed E-state index contributed by atoms with van der Waals surface area (Å²) >= 11 is 6.01. The Kier molecular flexibility index (Phi) is 7.75. The van der Waals surface area contributed by atoms with Gasteiger partial charge >= 0.3 is 0 Å². The van der Waals surface area contributed by atoms with Gasteiger partial charge in [-0.15, -0.1) is 0 Å². The van der Waals surface area contributed by atoms with Gasteiger partial charge in [0.05, 0.1) is 20.3 Å². The minimum Gasteiger partial charge on any atom is -0.490 e. The average Bonchev–Trinajstić information content (AvgIpc) is 2.57. The van der Waals surface area contributed by atoms with Gasteiger partial charge in [-0.25, -0.2) is 0 Å². The van der Waals surface area contributed by atoms with Crippen LogP contribution in [0.4, 0.5) is 5.69 Å². The van der Waals surface area contributed by atoms with Gasteiger partial charge < -0.3 is 19.7 Å². The molecule has 0 saturated carbocycles. The van der Waals surface area contributed by atoms with E-state index in [1.54, 1.807) is 6.07 Å². The summed E-state index contributed by atoms with van der Waals surface area (Å²) < 4.78 is 11.1. The van der Waals surface area contributed by atoms with Gasteiger partial charge in [0.15, 0.2) is 18.0 Å². The number of hydrogen-bond acceptors (Lipinski definition) is 3. The van der Waals surface area contributed by atoms with Crippen molar-refractivity contribution in [3.8, 4) is 11.5 Å². The number of likely N-dealkylation sites (N-methyl/N-ethyl adjacent to an activating group) is 1. The maximum Gasteiger partial charge on any atom is 0.279 e. The van der Waals surface area contributed by atoms with Crippen molar-refractivity contribution in [2.45, 2.75) is 20.4 Å². The lowest BCUT2D eigenvalue weighted by Crippen LogP contribution is -3.08. The van der Waals surface area contributed by atoms with E-state index in [0.29, 0.717) is 42.0 Å². The van der Waals surface area contributed by atoms with Crippen molar-refractivity contribution in [2.75, 3.05) is 32.1 Å². The topological polar surface area (TPSA) is 52.0 Å². The molecule has 0 aliphatic rings. The molecule has 2 rings (SSSR count). The second kappa shape index (κ2) is 10.0. The summed E-state index contributed by atoms with van der Waals surface area (Å²) in [5.41, 5.74) is 1.79. The number of carbonyl (C=O) groups is 1. The smallest absolute Gasteiger partial charge is 0.279 e. The molecule has 26 heavy (non-hydrogen) atoms. The maximum absolute atomic E-state index is 12.3. The first-order valence-corrected chi connectivity index (χ1v) is 9.14. The number of hydrogen-bond donors (Lipinski definition) is 2. The summed E-state index contributed by atoms with van der Waals surface area (Å²) in [5, 5.41) is 3.62. The molecule has 0 aromatic heterocycles. The molecule has 2 aromatic rings. The molecule has 0 spiro atoms. The van der Waals surface area contributed by atoms with E-state index in [2.05, 4.69) is 5.32 Å². The standard InChI is InChI=1S/C20H25ClN2O3/c1-4-25-18-10-9-17(12-19(18)26-5-2)22-20(24)14-23(3)13-15-7-6-8-16(21)11-15/h6-12H,4-5,13-14H2,1-3H3,(H,22,24)/p+1. The number of quaternary nitrogens is 1. The Labute approximate surface area is 159 Å². The third-order valence-electron chi connectivity index (χ3n) is 3.68. The van der Waals surface area contributed by atoms with E-state index in [1.165, 1.54) is 0 Å². The van der Waals surface area contributed by atoms with Crippen molar-refractivity contribution in [3.05, 3.63) is 53.1 Å². The van der Waals surface area contributed by atoms with E-state index in [4.69, 9.17) is 21.1 Å². The summed E-state index contributed by atoms with van der Waals surface area (Å²) in [5.74, 6) is 1.25. The first-order valence-electron chi connectivity index (χ1n) is 8.77. The van der Waals surface area contributed by atoms with Crippen LogP contribution in [-0.2, 0) is 11.3 Å². The molecule has 0 saturated heterocycles. The highest BCUT2D eigenvalue weighted by molar-refractivity contribution is 6.30. The number of rotatable bonds is 9. The lowest BCUT2D eigenvalue weighted by molar-refractivity contribution is -0.885. The predicted molar refractivity (Wildman–Crippen MR) is 104 cm³/mol. The number of anilines is 1. The number of carbonyl (C=O) groups excluding carboxylic acids is 1. The summed E-state index contributed by atoms with van der Waals surface area (Å²) in [4.78, 5) is 13.4. The van der Waals surface area contributed by atoms with Gasteiger partial charge in [0.1, 0.15) is 6.54 Å². The highest BCUT2D eigenvalue weighted by Crippen LogP contribution is 2.30. The molecule has 2 N–H and O–H groups in total. The molecule has 0 aliphatic carbocycles. The van der Waals surface area contributed by atoms with Crippen LogP contribution in [0.15, 0.2) is 42.5 Å². The van der Waals surface area contributed by atoms with Gasteiger partial charge in [0.2, 0.25) is 0 Å². The second-order valence-electron chi connectivity index (χ2n) is 6.02. The Balaban J connectivity index is 1.95. The molecule has 0 fully saturated rings. The van der Waals surface area contributed by atoms with Gasteiger partial charge in [-0.1, -0.05) is 23.7 Å². The lowest BCUT2D eigenvalue weighted by atomic mass is 10.2. The summed E-state index contributed by atoms with van der Waals surface area (Å²) in [6, 6.07) is 13.1. The fraction of sp³-hybridized carbons (Fsp3) is 0.350. The third kappa shape index (κ3) is 6.24. The van der Waals surface area contributed by atoms with Crippen LogP contribution in [0.2, 0.25) is 5.02 Å². The third-order valence-corrected chi connectivity index (χ3v) is 3.92. The Morgan fingerprint density at radius 2 is 1.81 bits per heavy atom. The lowest BCUT2D eigenvalue weighted by Gasteiger charge is -2.15. The molecule has 1 atom stereocenters. The normalized spacial score (nSPS) is 11.7. The van der Waals surface area contributed by atoms with Crippen LogP contribution in [0, 0.1) is 0 Å². The molecule has 0 radical (unpaired) electrons. The van der Waals surface area contributed by atoms with Crippen molar-refractivity contribution < 1.29 is 19.2 Å².